The Bertz CT molecular complexity index is 453. The molecule has 0 N–H and O–H groups in total. The lowest BCUT2D eigenvalue weighted by atomic mass is 10.1. The Labute approximate surface area is 107 Å². The molecule has 4 nitrogen and oxygen atoms in total. The molecule has 0 spiro atoms. The summed E-state index contributed by atoms with van der Waals surface area (Å²) in [5.41, 5.74) is 1.05. The van der Waals surface area contributed by atoms with Crippen molar-refractivity contribution in [3.63, 3.8) is 0 Å². The van der Waals surface area contributed by atoms with Crippen LogP contribution in [0.4, 0.5) is 0 Å². The van der Waals surface area contributed by atoms with E-state index in [1.807, 2.05) is 19.1 Å². The fourth-order valence-corrected chi connectivity index (χ4v) is 1.71. The van der Waals surface area contributed by atoms with Crippen molar-refractivity contribution in [1.82, 2.24) is 0 Å². The molecule has 1 aromatic carbocycles. The topological polar surface area (TPSA) is 48.1 Å². The maximum absolute atomic E-state index is 11.6. The number of carbonyl (C=O) groups excluding carboxylic acids is 1. The molecule has 1 saturated heterocycles. The number of hydrogen-bond acceptors (Lipinski definition) is 4. The highest BCUT2D eigenvalue weighted by Crippen LogP contribution is 2.41. The summed E-state index contributed by atoms with van der Waals surface area (Å²) in [6.45, 7) is 5.61. The smallest absolute Gasteiger partial charge is 0.313 e. The van der Waals surface area contributed by atoms with Crippen molar-refractivity contribution in [1.29, 1.82) is 0 Å². The van der Waals surface area contributed by atoms with Gasteiger partial charge in [-0.05, 0) is 24.6 Å². The van der Waals surface area contributed by atoms with E-state index < -0.39 is 0 Å². The lowest BCUT2D eigenvalue weighted by Crippen LogP contribution is -2.15. The van der Waals surface area contributed by atoms with Gasteiger partial charge in [0.2, 0.25) is 0 Å². The van der Waals surface area contributed by atoms with Crippen LogP contribution in [0.25, 0.3) is 0 Å². The number of carbonyl (C=O) groups is 1. The molecule has 0 aromatic heterocycles. The van der Waals surface area contributed by atoms with E-state index in [1.165, 1.54) is 0 Å². The highest BCUT2D eigenvalue weighted by Gasteiger charge is 2.36. The number of rotatable bonds is 4. The second kappa shape index (κ2) is 4.98. The second-order valence-corrected chi connectivity index (χ2v) is 4.75. The summed E-state index contributed by atoms with van der Waals surface area (Å²) in [7, 11) is 1.56. The third-order valence-electron chi connectivity index (χ3n) is 2.91. The normalized spacial score (nSPS) is 21.8. The largest absolute Gasteiger partial charge is 0.493 e. The molecule has 1 aliphatic rings. The summed E-state index contributed by atoms with van der Waals surface area (Å²) in [5.74, 6) is 0.579. The molecule has 0 bridgehead atoms. The Hall–Kier alpha value is -1.55. The third kappa shape index (κ3) is 2.64. The number of methoxy groups -OCH3 is 1. The predicted molar refractivity (Wildman–Crippen MR) is 66.8 cm³/mol. The molecular weight excluding hydrogens is 232 g/mol. The average molecular weight is 250 g/mol. The van der Waals surface area contributed by atoms with Gasteiger partial charge in [0.15, 0.2) is 11.5 Å². The summed E-state index contributed by atoms with van der Waals surface area (Å²) >= 11 is 0. The fourth-order valence-electron chi connectivity index (χ4n) is 1.71. The minimum atomic E-state index is -0.267. The lowest BCUT2D eigenvalue weighted by molar-refractivity contribution is -0.137. The van der Waals surface area contributed by atoms with Crippen molar-refractivity contribution in [2.75, 3.05) is 7.11 Å². The van der Waals surface area contributed by atoms with Crippen LogP contribution < -0.4 is 9.47 Å². The summed E-state index contributed by atoms with van der Waals surface area (Å²) in [6, 6.07) is 5.51. The van der Waals surface area contributed by atoms with Crippen molar-refractivity contribution in [3.05, 3.63) is 23.8 Å². The minimum absolute atomic E-state index is 0.133. The zero-order valence-electron chi connectivity index (χ0n) is 11.1. The van der Waals surface area contributed by atoms with Crippen molar-refractivity contribution in [3.8, 4) is 11.5 Å². The molecule has 0 aliphatic carbocycles. The van der Waals surface area contributed by atoms with Gasteiger partial charge in [-0.3, -0.25) is 4.79 Å². The SMILES string of the molecule is COc1cc(C2OC2C)ccc1OC(=O)C(C)C. The van der Waals surface area contributed by atoms with Crippen molar-refractivity contribution < 1.29 is 19.0 Å². The molecule has 4 heteroatoms. The van der Waals surface area contributed by atoms with Crippen LogP contribution in [-0.2, 0) is 9.53 Å². The predicted octanol–water partition coefficient (Wildman–Crippen LogP) is 2.72. The van der Waals surface area contributed by atoms with Crippen LogP contribution in [0, 0.1) is 5.92 Å². The van der Waals surface area contributed by atoms with Crippen LogP contribution >= 0.6 is 0 Å². The maximum atomic E-state index is 11.6. The molecule has 1 aliphatic heterocycles. The summed E-state index contributed by atoms with van der Waals surface area (Å²) in [6.07, 6.45) is 0.382. The van der Waals surface area contributed by atoms with E-state index in [1.54, 1.807) is 27.0 Å². The Balaban J connectivity index is 2.18. The molecule has 0 amide bonds. The number of hydrogen-bond donors (Lipinski definition) is 0. The molecule has 2 rings (SSSR count). The summed E-state index contributed by atoms with van der Waals surface area (Å²) in [5, 5.41) is 0. The van der Waals surface area contributed by atoms with Gasteiger partial charge in [-0.1, -0.05) is 19.9 Å². The second-order valence-electron chi connectivity index (χ2n) is 4.75. The molecule has 2 atom stereocenters. The zero-order valence-corrected chi connectivity index (χ0v) is 11.1. The summed E-state index contributed by atoms with van der Waals surface area (Å²) in [4.78, 5) is 11.6. The summed E-state index contributed by atoms with van der Waals surface area (Å²) < 4.78 is 15.9. The highest BCUT2D eigenvalue weighted by atomic mass is 16.6. The van der Waals surface area contributed by atoms with Crippen molar-refractivity contribution in [2.45, 2.75) is 33.0 Å². The van der Waals surface area contributed by atoms with Crippen LogP contribution in [0.3, 0.4) is 0 Å². The van der Waals surface area contributed by atoms with Crippen LogP contribution in [0.1, 0.15) is 32.4 Å². The Morgan fingerprint density at radius 3 is 2.50 bits per heavy atom. The number of ether oxygens (including phenoxy) is 3. The molecule has 98 valence electrons. The monoisotopic (exact) mass is 250 g/mol. The van der Waals surface area contributed by atoms with E-state index in [0.717, 1.165) is 5.56 Å². The van der Waals surface area contributed by atoms with Crippen LogP contribution in [-0.4, -0.2) is 19.2 Å². The van der Waals surface area contributed by atoms with Crippen molar-refractivity contribution in [2.24, 2.45) is 5.92 Å². The van der Waals surface area contributed by atoms with Gasteiger partial charge in [0.05, 0.1) is 19.1 Å². The Kier molecular flexibility index (Phi) is 3.57. The van der Waals surface area contributed by atoms with Gasteiger partial charge in [0.25, 0.3) is 0 Å². The number of benzene rings is 1. The average Bonchev–Trinajstić information content (AvgIpc) is 3.06. The molecular formula is C14H18O4. The minimum Gasteiger partial charge on any atom is -0.493 e. The van der Waals surface area contributed by atoms with E-state index in [-0.39, 0.29) is 24.1 Å². The molecule has 2 unspecified atom stereocenters. The van der Waals surface area contributed by atoms with Gasteiger partial charge in [0, 0.05) is 0 Å². The van der Waals surface area contributed by atoms with Crippen LogP contribution in [0.2, 0.25) is 0 Å². The van der Waals surface area contributed by atoms with E-state index in [2.05, 4.69) is 0 Å². The Morgan fingerprint density at radius 2 is 2.00 bits per heavy atom. The molecule has 1 heterocycles. The van der Waals surface area contributed by atoms with E-state index in [9.17, 15) is 4.79 Å². The van der Waals surface area contributed by atoms with Gasteiger partial charge in [-0.2, -0.15) is 0 Å². The van der Waals surface area contributed by atoms with Crippen molar-refractivity contribution >= 4 is 5.97 Å². The standard InChI is InChI=1S/C14H18O4/c1-8(2)14(15)18-11-6-5-10(7-12(11)16-4)13-9(3)17-13/h5-9,13H,1-4H3. The first-order chi connectivity index (χ1) is 8.52. The van der Waals surface area contributed by atoms with Gasteiger partial charge in [-0.15, -0.1) is 0 Å². The van der Waals surface area contributed by atoms with Crippen LogP contribution in [0.5, 0.6) is 11.5 Å². The van der Waals surface area contributed by atoms with Gasteiger partial charge in [0.1, 0.15) is 6.10 Å². The van der Waals surface area contributed by atoms with E-state index >= 15 is 0 Å². The quantitative estimate of drug-likeness (QED) is 0.468. The molecule has 1 fully saturated rings. The van der Waals surface area contributed by atoms with Gasteiger partial charge < -0.3 is 14.2 Å². The fraction of sp³-hybridized carbons (Fsp3) is 0.500. The maximum Gasteiger partial charge on any atom is 0.313 e. The Morgan fingerprint density at radius 1 is 1.33 bits per heavy atom. The first kappa shape index (κ1) is 12.9. The number of epoxide rings is 1. The first-order valence-corrected chi connectivity index (χ1v) is 6.08. The lowest BCUT2D eigenvalue weighted by Gasteiger charge is -2.11. The molecule has 0 radical (unpaired) electrons. The van der Waals surface area contributed by atoms with Crippen LogP contribution in [0.15, 0.2) is 18.2 Å². The highest BCUT2D eigenvalue weighted by molar-refractivity contribution is 5.75. The molecule has 0 saturated carbocycles. The third-order valence-corrected chi connectivity index (χ3v) is 2.91. The van der Waals surface area contributed by atoms with Gasteiger partial charge in [-0.25, -0.2) is 0 Å². The van der Waals surface area contributed by atoms with Gasteiger partial charge >= 0.3 is 5.97 Å². The molecule has 18 heavy (non-hydrogen) atoms. The first-order valence-electron chi connectivity index (χ1n) is 6.08. The van der Waals surface area contributed by atoms with E-state index in [4.69, 9.17) is 14.2 Å². The zero-order chi connectivity index (χ0) is 13.3. The molecule has 1 aromatic rings. The number of esters is 1. The van der Waals surface area contributed by atoms with E-state index in [0.29, 0.717) is 11.5 Å².